The molecule has 0 saturated carbocycles. The zero-order valence-electron chi connectivity index (χ0n) is 14.6. The molecule has 0 saturated heterocycles. The van der Waals surface area contributed by atoms with E-state index in [-0.39, 0.29) is 0 Å². The van der Waals surface area contributed by atoms with Gasteiger partial charge >= 0.3 is 0 Å². The topological polar surface area (TPSA) is 37.3 Å². The Morgan fingerprint density at radius 3 is 1.91 bits per heavy atom. The first kappa shape index (κ1) is 19.9. The average molecular weight is 345 g/mol. The lowest BCUT2D eigenvalue weighted by molar-refractivity contribution is 0.480. The summed E-state index contributed by atoms with van der Waals surface area (Å²) in [4.78, 5) is 12.1. The Morgan fingerprint density at radius 1 is 0.955 bits per heavy atom. The smallest absolute Gasteiger partial charge is 0.197 e. The van der Waals surface area contributed by atoms with Crippen LogP contribution in [0.1, 0.15) is 73.1 Å². The fourth-order valence-corrected chi connectivity index (χ4v) is 4.68. The van der Waals surface area contributed by atoms with Gasteiger partial charge in [-0.25, -0.2) is 0 Å². The summed E-state index contributed by atoms with van der Waals surface area (Å²) in [5.41, 5.74) is 1.56. The summed E-state index contributed by atoms with van der Waals surface area (Å²) in [6, 6.07) is 2.35. The van der Waals surface area contributed by atoms with Crippen molar-refractivity contribution in [1.29, 1.82) is 0 Å². The van der Waals surface area contributed by atoms with Gasteiger partial charge in [0, 0.05) is 22.6 Å². The van der Waals surface area contributed by atoms with Gasteiger partial charge in [0.05, 0.1) is 0 Å². The van der Waals surface area contributed by atoms with E-state index >= 15 is 0 Å². The second kappa shape index (κ2) is 10.6. The van der Waals surface area contributed by atoms with Gasteiger partial charge in [-0.1, -0.05) is 44.9 Å². The van der Waals surface area contributed by atoms with Gasteiger partial charge in [0.1, 0.15) is 0 Å². The molecule has 0 aliphatic rings. The molecular weight excluding hydrogens is 311 g/mol. The van der Waals surface area contributed by atoms with E-state index in [1.807, 2.05) is 11.3 Å². The summed E-state index contributed by atoms with van der Waals surface area (Å²) < 4.78 is 11.1. The molecular formula is C18H33O2PS. The van der Waals surface area contributed by atoms with Crippen LogP contribution in [-0.2, 0) is 11.0 Å². The van der Waals surface area contributed by atoms with Gasteiger partial charge in [0.25, 0.3) is 0 Å². The average Bonchev–Trinajstić information content (AvgIpc) is 2.73. The van der Waals surface area contributed by atoms with Gasteiger partial charge in [-0.05, 0) is 44.7 Å². The molecule has 128 valence electrons. The van der Waals surface area contributed by atoms with E-state index in [0.29, 0.717) is 6.16 Å². The monoisotopic (exact) mass is 344 g/mol. The molecule has 1 aromatic heterocycles. The van der Waals surface area contributed by atoms with Crippen LogP contribution in [-0.4, -0.2) is 17.7 Å². The number of aryl methyl sites for hydroxylation is 3. The molecule has 1 atom stereocenters. The molecule has 1 heterocycles. The molecule has 0 amide bonds. The minimum absolute atomic E-state index is 0.495. The zero-order chi connectivity index (χ0) is 16.4. The molecule has 0 spiro atoms. The number of hydrogen-bond donors (Lipinski definition) is 1. The molecule has 4 heteroatoms. The zero-order valence-corrected chi connectivity index (χ0v) is 16.3. The maximum absolute atomic E-state index is 11.1. The SMILES string of the molecule is Cc1cc(CCCCCCCCCCCP(C)(=O)O)c(C)s1. The minimum Gasteiger partial charge on any atom is -0.344 e. The standard InChI is InChI=1S/C18H33O2PS/c1-16-15-18(17(2)22-16)13-11-9-7-5-4-6-8-10-12-14-21(3,19)20/h15H,4-14H2,1-3H3,(H,19,20). The van der Waals surface area contributed by atoms with Crippen LogP contribution in [0.15, 0.2) is 6.07 Å². The quantitative estimate of drug-likeness (QED) is 0.356. The second-order valence-electron chi connectivity index (χ2n) is 6.65. The van der Waals surface area contributed by atoms with Gasteiger partial charge in [-0.2, -0.15) is 0 Å². The molecule has 0 radical (unpaired) electrons. The van der Waals surface area contributed by atoms with Gasteiger partial charge in [-0.3, -0.25) is 4.57 Å². The van der Waals surface area contributed by atoms with Crippen molar-refractivity contribution in [3.8, 4) is 0 Å². The Morgan fingerprint density at radius 2 is 1.45 bits per heavy atom. The Balaban J connectivity index is 1.88. The van der Waals surface area contributed by atoms with Crippen LogP contribution in [0.4, 0.5) is 0 Å². The number of hydrogen-bond acceptors (Lipinski definition) is 2. The molecule has 22 heavy (non-hydrogen) atoms. The van der Waals surface area contributed by atoms with Crippen molar-refractivity contribution in [1.82, 2.24) is 0 Å². The minimum atomic E-state index is -2.77. The second-order valence-corrected chi connectivity index (χ2v) is 10.7. The Hall–Kier alpha value is -0.110. The van der Waals surface area contributed by atoms with Gasteiger partial charge < -0.3 is 4.89 Å². The third kappa shape index (κ3) is 9.82. The fraction of sp³-hybridized carbons (Fsp3) is 0.778. The Bertz CT molecular complexity index is 462. The maximum atomic E-state index is 11.1. The van der Waals surface area contributed by atoms with E-state index < -0.39 is 7.37 Å². The summed E-state index contributed by atoms with van der Waals surface area (Å²) in [5, 5.41) is 0. The van der Waals surface area contributed by atoms with E-state index in [9.17, 15) is 9.46 Å². The van der Waals surface area contributed by atoms with Crippen LogP contribution in [0.2, 0.25) is 0 Å². The van der Waals surface area contributed by atoms with E-state index in [1.54, 1.807) is 5.56 Å². The molecule has 0 fully saturated rings. The molecule has 1 N–H and O–H groups in total. The van der Waals surface area contributed by atoms with Crippen LogP contribution in [0.5, 0.6) is 0 Å². The van der Waals surface area contributed by atoms with Crippen LogP contribution >= 0.6 is 18.7 Å². The van der Waals surface area contributed by atoms with Gasteiger partial charge in [0.15, 0.2) is 7.37 Å². The molecule has 1 aromatic rings. The first-order valence-electron chi connectivity index (χ1n) is 8.74. The summed E-state index contributed by atoms with van der Waals surface area (Å²) in [6.45, 7) is 5.90. The van der Waals surface area contributed by atoms with Crippen molar-refractivity contribution in [3.63, 3.8) is 0 Å². The summed E-state index contributed by atoms with van der Waals surface area (Å²) in [5.74, 6) is 0. The Kier molecular flexibility index (Phi) is 9.63. The lowest BCUT2D eigenvalue weighted by Gasteiger charge is -2.05. The first-order valence-corrected chi connectivity index (χ1v) is 11.8. The lowest BCUT2D eigenvalue weighted by atomic mass is 10.0. The fourth-order valence-electron chi connectivity index (χ4n) is 2.89. The van der Waals surface area contributed by atoms with Crippen molar-refractivity contribution in [3.05, 3.63) is 21.4 Å². The van der Waals surface area contributed by atoms with Crippen LogP contribution in [0.3, 0.4) is 0 Å². The van der Waals surface area contributed by atoms with Crippen molar-refractivity contribution in [2.75, 3.05) is 12.8 Å². The normalized spacial score (nSPS) is 14.2. The lowest BCUT2D eigenvalue weighted by Crippen LogP contribution is -1.88. The van der Waals surface area contributed by atoms with E-state index in [2.05, 4.69) is 19.9 Å². The highest BCUT2D eigenvalue weighted by Crippen LogP contribution is 2.36. The number of unbranched alkanes of at least 4 members (excludes halogenated alkanes) is 8. The third-order valence-corrected chi connectivity index (χ3v) is 6.32. The summed E-state index contributed by atoms with van der Waals surface area (Å²) in [7, 11) is -2.77. The Labute approximate surface area is 140 Å². The number of thiophene rings is 1. The first-order chi connectivity index (χ1) is 10.4. The molecule has 0 aliphatic carbocycles. The summed E-state index contributed by atoms with van der Waals surface area (Å²) >= 11 is 1.92. The summed E-state index contributed by atoms with van der Waals surface area (Å²) in [6.07, 6.45) is 12.9. The molecule has 1 unspecified atom stereocenters. The highest BCUT2D eigenvalue weighted by atomic mass is 32.1. The van der Waals surface area contributed by atoms with Crippen LogP contribution in [0, 0.1) is 13.8 Å². The van der Waals surface area contributed by atoms with Crippen molar-refractivity contribution in [2.24, 2.45) is 0 Å². The van der Waals surface area contributed by atoms with Gasteiger partial charge in [-0.15, -0.1) is 11.3 Å². The highest BCUT2D eigenvalue weighted by Gasteiger charge is 2.07. The highest BCUT2D eigenvalue weighted by molar-refractivity contribution is 7.57. The predicted molar refractivity (Wildman–Crippen MR) is 99.7 cm³/mol. The molecule has 0 bridgehead atoms. The molecule has 1 rings (SSSR count). The van der Waals surface area contributed by atoms with Gasteiger partial charge in [0.2, 0.25) is 0 Å². The van der Waals surface area contributed by atoms with E-state index in [4.69, 9.17) is 0 Å². The number of rotatable bonds is 12. The predicted octanol–water partition coefficient (Wildman–Crippen LogP) is 6.32. The third-order valence-electron chi connectivity index (χ3n) is 4.16. The van der Waals surface area contributed by atoms with Crippen molar-refractivity contribution < 1.29 is 9.46 Å². The van der Waals surface area contributed by atoms with Crippen LogP contribution < -0.4 is 0 Å². The van der Waals surface area contributed by atoms with Crippen LogP contribution in [0.25, 0.3) is 0 Å². The molecule has 0 aliphatic heterocycles. The van der Waals surface area contributed by atoms with E-state index in [1.165, 1.54) is 67.8 Å². The maximum Gasteiger partial charge on any atom is 0.197 e. The molecule has 2 nitrogen and oxygen atoms in total. The van der Waals surface area contributed by atoms with Crippen molar-refractivity contribution in [2.45, 2.75) is 78.1 Å². The molecule has 0 aromatic carbocycles. The van der Waals surface area contributed by atoms with E-state index in [0.717, 1.165) is 12.8 Å². The van der Waals surface area contributed by atoms with Crippen molar-refractivity contribution >= 4 is 18.7 Å². The largest absolute Gasteiger partial charge is 0.344 e.